The molecule has 7 heterocycles. The fourth-order valence-corrected chi connectivity index (χ4v) is 6.28. The number of ether oxygens (including phenoxy) is 2. The highest BCUT2D eigenvalue weighted by Crippen LogP contribution is 2.41. The summed E-state index contributed by atoms with van der Waals surface area (Å²) in [6.07, 6.45) is 8.75. The van der Waals surface area contributed by atoms with Crippen LogP contribution >= 0.6 is 11.3 Å². The molecule has 0 aromatic carbocycles. The molecule has 1 N–H and O–H groups in total. The molecule has 184 valence electrons. The highest BCUT2D eigenvalue weighted by molar-refractivity contribution is 7.18. The molecule has 0 saturated carbocycles. The van der Waals surface area contributed by atoms with Crippen molar-refractivity contribution in [3.8, 4) is 22.6 Å². The van der Waals surface area contributed by atoms with Crippen LogP contribution in [-0.2, 0) is 9.47 Å². The molecule has 10 heteroatoms. The second-order valence-electron chi connectivity index (χ2n) is 9.40. The zero-order chi connectivity index (χ0) is 24.1. The summed E-state index contributed by atoms with van der Waals surface area (Å²) in [6.45, 7) is 5.13. The van der Waals surface area contributed by atoms with Gasteiger partial charge < -0.3 is 19.4 Å². The second kappa shape index (κ2) is 8.95. The number of fused-ring (bicyclic) bond motifs is 2. The van der Waals surface area contributed by atoms with E-state index in [0.717, 1.165) is 76.3 Å². The molecule has 0 amide bonds. The van der Waals surface area contributed by atoms with Crippen LogP contribution < -0.4 is 4.90 Å². The third-order valence-electron chi connectivity index (χ3n) is 7.11. The lowest BCUT2D eigenvalue weighted by atomic mass is 10.1. The first-order valence-corrected chi connectivity index (χ1v) is 13.4. The number of thiophene rings is 1. The van der Waals surface area contributed by atoms with Gasteiger partial charge in [0.05, 0.1) is 35.2 Å². The average Bonchev–Trinajstić information content (AvgIpc) is 3.68. The van der Waals surface area contributed by atoms with E-state index in [1.807, 2.05) is 35.4 Å². The molecule has 1 unspecified atom stereocenters. The molecule has 2 saturated heterocycles. The van der Waals surface area contributed by atoms with Gasteiger partial charge in [-0.15, -0.1) is 11.3 Å². The van der Waals surface area contributed by atoms with E-state index in [4.69, 9.17) is 19.4 Å². The topological polar surface area (TPSA) is 94.0 Å². The Balaban J connectivity index is 1.44. The maximum Gasteiger partial charge on any atom is 0.163 e. The summed E-state index contributed by atoms with van der Waals surface area (Å²) in [6, 6.07) is 6.32. The molecule has 2 atom stereocenters. The van der Waals surface area contributed by atoms with Crippen molar-refractivity contribution in [1.82, 2.24) is 29.7 Å². The molecule has 5 aromatic rings. The molecule has 7 rings (SSSR count). The van der Waals surface area contributed by atoms with Crippen LogP contribution in [0.4, 0.5) is 5.82 Å². The Hall–Kier alpha value is -3.34. The van der Waals surface area contributed by atoms with Crippen LogP contribution in [0, 0.1) is 0 Å². The van der Waals surface area contributed by atoms with Gasteiger partial charge in [0.1, 0.15) is 5.65 Å². The number of nitrogens with zero attached hydrogens (tertiary/aromatic N) is 6. The van der Waals surface area contributed by atoms with Crippen molar-refractivity contribution in [3.05, 3.63) is 42.2 Å². The van der Waals surface area contributed by atoms with E-state index in [0.29, 0.717) is 19.0 Å². The van der Waals surface area contributed by atoms with Crippen molar-refractivity contribution < 1.29 is 9.47 Å². The number of anilines is 1. The van der Waals surface area contributed by atoms with E-state index in [9.17, 15) is 0 Å². The predicted molar refractivity (Wildman–Crippen MR) is 140 cm³/mol. The molecular formula is C26H27N7O2S. The van der Waals surface area contributed by atoms with Gasteiger partial charge in [-0.25, -0.2) is 19.6 Å². The second-order valence-corrected chi connectivity index (χ2v) is 10.3. The number of hydrogen-bond donors (Lipinski definition) is 1. The van der Waals surface area contributed by atoms with Crippen molar-refractivity contribution >= 4 is 38.4 Å². The molecule has 9 nitrogen and oxygen atoms in total. The number of aromatic amines is 1. The minimum absolute atomic E-state index is 0.0431. The highest BCUT2D eigenvalue weighted by atomic mass is 32.1. The van der Waals surface area contributed by atoms with Crippen LogP contribution in [0.1, 0.15) is 32.4 Å². The van der Waals surface area contributed by atoms with E-state index in [1.165, 1.54) is 0 Å². The Labute approximate surface area is 212 Å². The molecule has 0 spiro atoms. The standard InChI is InChI=1S/C26H27N7O2S/c1-16-14-34-13-11-32(16)26-23-22(30-25(31-26)18-6-9-28-24-17(18)5-8-27-24)19(15-36-23)20-7-10-29-33(20)21-4-2-3-12-35-21/h5-10,15-16,21H,2-4,11-14H2,1H3,(H,27,28)/t16-,21?/m1/s1. The van der Waals surface area contributed by atoms with Gasteiger partial charge in [0, 0.05) is 53.6 Å². The number of hydrogen-bond acceptors (Lipinski definition) is 8. The zero-order valence-electron chi connectivity index (χ0n) is 20.1. The first-order chi connectivity index (χ1) is 17.8. The maximum absolute atomic E-state index is 6.08. The van der Waals surface area contributed by atoms with E-state index < -0.39 is 0 Å². The monoisotopic (exact) mass is 501 g/mol. The fraction of sp³-hybridized carbons (Fsp3) is 0.385. The molecule has 0 radical (unpaired) electrons. The van der Waals surface area contributed by atoms with Crippen LogP contribution in [0.3, 0.4) is 0 Å². The molecule has 0 aliphatic carbocycles. The molecule has 0 bridgehead atoms. The zero-order valence-corrected chi connectivity index (χ0v) is 20.9. The SMILES string of the molecule is C[C@@H]1COCCN1c1nc(-c2ccnc3[nH]ccc23)nc2c(-c3ccnn3C3CCCCO3)csc12. The maximum atomic E-state index is 6.08. The smallest absolute Gasteiger partial charge is 0.163 e. The lowest BCUT2D eigenvalue weighted by Crippen LogP contribution is -2.44. The Bertz CT molecular complexity index is 1530. The van der Waals surface area contributed by atoms with Gasteiger partial charge >= 0.3 is 0 Å². The van der Waals surface area contributed by atoms with Gasteiger partial charge in [0.15, 0.2) is 17.9 Å². The molecular weight excluding hydrogens is 474 g/mol. The normalized spacial score (nSPS) is 21.0. The van der Waals surface area contributed by atoms with Gasteiger partial charge in [-0.3, -0.25) is 0 Å². The third-order valence-corrected chi connectivity index (χ3v) is 8.08. The Morgan fingerprint density at radius 3 is 2.94 bits per heavy atom. The molecule has 2 aliphatic rings. The van der Waals surface area contributed by atoms with Gasteiger partial charge in [-0.05, 0) is 44.4 Å². The first-order valence-electron chi connectivity index (χ1n) is 12.5. The first kappa shape index (κ1) is 21.9. The number of nitrogens with one attached hydrogen (secondary N) is 1. The van der Waals surface area contributed by atoms with Crippen molar-refractivity contribution in [2.45, 2.75) is 38.5 Å². The summed E-state index contributed by atoms with van der Waals surface area (Å²) < 4.78 is 14.9. The van der Waals surface area contributed by atoms with E-state index >= 15 is 0 Å². The number of morpholine rings is 1. The summed E-state index contributed by atoms with van der Waals surface area (Å²) in [5.41, 5.74) is 4.83. The molecule has 2 aliphatic heterocycles. The van der Waals surface area contributed by atoms with Crippen molar-refractivity contribution in [2.24, 2.45) is 0 Å². The van der Waals surface area contributed by atoms with Crippen molar-refractivity contribution in [1.29, 1.82) is 0 Å². The molecule has 2 fully saturated rings. The fourth-order valence-electron chi connectivity index (χ4n) is 5.27. The summed E-state index contributed by atoms with van der Waals surface area (Å²) in [5.74, 6) is 1.66. The van der Waals surface area contributed by atoms with Crippen LogP contribution in [-0.4, -0.2) is 62.1 Å². The minimum atomic E-state index is -0.0431. The minimum Gasteiger partial charge on any atom is -0.377 e. The Morgan fingerprint density at radius 1 is 1.08 bits per heavy atom. The van der Waals surface area contributed by atoms with Crippen LogP contribution in [0.15, 0.2) is 42.2 Å². The number of rotatable bonds is 4. The third kappa shape index (κ3) is 3.59. The van der Waals surface area contributed by atoms with Crippen molar-refractivity contribution in [3.63, 3.8) is 0 Å². The van der Waals surface area contributed by atoms with E-state index in [1.54, 1.807) is 11.3 Å². The van der Waals surface area contributed by atoms with Crippen LogP contribution in [0.5, 0.6) is 0 Å². The number of pyridine rings is 1. The van der Waals surface area contributed by atoms with Gasteiger partial charge in [0.25, 0.3) is 0 Å². The highest BCUT2D eigenvalue weighted by Gasteiger charge is 2.27. The number of H-pyrrole nitrogens is 1. The summed E-state index contributed by atoms with van der Waals surface area (Å²) in [4.78, 5) is 20.4. The van der Waals surface area contributed by atoms with E-state index in [-0.39, 0.29) is 12.3 Å². The summed E-state index contributed by atoms with van der Waals surface area (Å²) in [7, 11) is 0. The van der Waals surface area contributed by atoms with E-state index in [2.05, 4.69) is 38.3 Å². The van der Waals surface area contributed by atoms with Gasteiger partial charge in [-0.1, -0.05) is 0 Å². The summed E-state index contributed by atoms with van der Waals surface area (Å²) in [5, 5.41) is 7.85. The quantitative estimate of drug-likeness (QED) is 0.369. The lowest BCUT2D eigenvalue weighted by molar-refractivity contribution is -0.0383. The molecule has 5 aromatic heterocycles. The molecule has 36 heavy (non-hydrogen) atoms. The van der Waals surface area contributed by atoms with Crippen molar-refractivity contribution in [2.75, 3.05) is 31.3 Å². The lowest BCUT2D eigenvalue weighted by Gasteiger charge is -2.34. The Kier molecular flexibility index (Phi) is 5.45. The van der Waals surface area contributed by atoms with Gasteiger partial charge in [-0.2, -0.15) is 5.10 Å². The van der Waals surface area contributed by atoms with Crippen LogP contribution in [0.2, 0.25) is 0 Å². The average molecular weight is 502 g/mol. The largest absolute Gasteiger partial charge is 0.377 e. The predicted octanol–water partition coefficient (Wildman–Crippen LogP) is 5.02. The Morgan fingerprint density at radius 2 is 2.06 bits per heavy atom. The number of aromatic nitrogens is 6. The summed E-state index contributed by atoms with van der Waals surface area (Å²) >= 11 is 1.69. The van der Waals surface area contributed by atoms with Gasteiger partial charge in [0.2, 0.25) is 0 Å². The van der Waals surface area contributed by atoms with Crippen LogP contribution in [0.25, 0.3) is 43.9 Å².